The van der Waals surface area contributed by atoms with Gasteiger partial charge in [-0.2, -0.15) is 0 Å². The van der Waals surface area contributed by atoms with E-state index >= 15 is 0 Å². The maximum Gasteiger partial charge on any atom is 0.212 e. The Hall–Kier alpha value is -0.130. The molecule has 2 aliphatic rings. The highest BCUT2D eigenvalue weighted by Crippen LogP contribution is 2.23. The molecule has 2 fully saturated rings. The molecule has 1 saturated carbocycles. The van der Waals surface area contributed by atoms with Gasteiger partial charge in [-0.1, -0.05) is 19.8 Å². The van der Waals surface area contributed by atoms with Crippen molar-refractivity contribution in [3.63, 3.8) is 0 Å². The van der Waals surface area contributed by atoms with Crippen LogP contribution in [-0.2, 0) is 10.0 Å². The van der Waals surface area contributed by atoms with E-state index in [1.807, 2.05) is 0 Å². The van der Waals surface area contributed by atoms with Gasteiger partial charge in [-0.15, -0.1) is 0 Å². The van der Waals surface area contributed by atoms with Crippen molar-refractivity contribution < 1.29 is 8.42 Å². The summed E-state index contributed by atoms with van der Waals surface area (Å²) in [6.45, 7) is 4.19. The van der Waals surface area contributed by atoms with Crippen molar-refractivity contribution in [1.29, 1.82) is 0 Å². The van der Waals surface area contributed by atoms with Gasteiger partial charge >= 0.3 is 0 Å². The summed E-state index contributed by atoms with van der Waals surface area (Å²) < 4.78 is 27.4. The van der Waals surface area contributed by atoms with Gasteiger partial charge in [0.25, 0.3) is 0 Å². The van der Waals surface area contributed by atoms with Crippen molar-refractivity contribution in [1.82, 2.24) is 10.0 Å². The van der Waals surface area contributed by atoms with Gasteiger partial charge in [0.15, 0.2) is 0 Å². The lowest BCUT2D eigenvalue weighted by Crippen LogP contribution is -2.40. The third-order valence-corrected chi connectivity index (χ3v) is 6.12. The maximum atomic E-state index is 12.2. The van der Waals surface area contributed by atoms with E-state index in [9.17, 15) is 8.42 Å². The van der Waals surface area contributed by atoms with Crippen molar-refractivity contribution in [3.8, 4) is 0 Å². The number of nitrogens with one attached hydrogen (secondary N) is 2. The minimum atomic E-state index is -3.09. The Labute approximate surface area is 117 Å². The zero-order valence-corrected chi connectivity index (χ0v) is 12.8. The van der Waals surface area contributed by atoms with Crippen molar-refractivity contribution in [2.24, 2.45) is 11.8 Å². The number of rotatable bonds is 4. The lowest BCUT2D eigenvalue weighted by atomic mass is 10.0. The molecule has 1 aliphatic heterocycles. The van der Waals surface area contributed by atoms with Crippen LogP contribution in [0.25, 0.3) is 0 Å². The molecule has 1 heterocycles. The molecule has 1 saturated heterocycles. The molecular weight excluding hydrogens is 260 g/mol. The monoisotopic (exact) mass is 288 g/mol. The molecule has 0 aromatic heterocycles. The zero-order valence-electron chi connectivity index (χ0n) is 12.0. The lowest BCUT2D eigenvalue weighted by Gasteiger charge is -2.24. The highest BCUT2D eigenvalue weighted by Gasteiger charge is 2.25. The molecule has 1 aliphatic carbocycles. The first-order chi connectivity index (χ1) is 9.05. The smallest absolute Gasteiger partial charge is 0.212 e. The van der Waals surface area contributed by atoms with Gasteiger partial charge in [0.2, 0.25) is 10.0 Å². The molecule has 0 radical (unpaired) electrons. The molecule has 0 aromatic carbocycles. The van der Waals surface area contributed by atoms with Crippen LogP contribution in [0, 0.1) is 11.8 Å². The molecule has 2 rings (SSSR count). The minimum Gasteiger partial charge on any atom is -0.317 e. The Bertz CT molecular complexity index is 364. The summed E-state index contributed by atoms with van der Waals surface area (Å²) in [7, 11) is -3.09. The molecule has 19 heavy (non-hydrogen) atoms. The Morgan fingerprint density at radius 3 is 2.53 bits per heavy atom. The standard InChI is InChI=1S/C14H28N2O2S/c1-12-3-2-4-14(6-5-12)16-19(17,18)11-13-7-9-15-10-8-13/h12-16H,2-11H2,1H3. The van der Waals surface area contributed by atoms with Gasteiger partial charge < -0.3 is 5.32 Å². The van der Waals surface area contributed by atoms with Crippen LogP contribution in [0.4, 0.5) is 0 Å². The fourth-order valence-electron chi connectivity index (χ4n) is 3.27. The topological polar surface area (TPSA) is 58.2 Å². The van der Waals surface area contributed by atoms with Crippen LogP contribution in [0.3, 0.4) is 0 Å². The summed E-state index contributed by atoms with van der Waals surface area (Å²) in [6, 6.07) is 0.177. The van der Waals surface area contributed by atoms with E-state index in [0.29, 0.717) is 11.7 Å². The van der Waals surface area contributed by atoms with Crippen LogP contribution in [0.1, 0.15) is 51.9 Å². The molecule has 112 valence electrons. The molecule has 0 amide bonds. The van der Waals surface area contributed by atoms with Gasteiger partial charge in [0.1, 0.15) is 0 Å². The molecule has 5 heteroatoms. The Morgan fingerprint density at radius 1 is 1.05 bits per heavy atom. The van der Waals surface area contributed by atoms with Crippen LogP contribution in [0.2, 0.25) is 0 Å². The van der Waals surface area contributed by atoms with E-state index in [0.717, 1.165) is 57.5 Å². The lowest BCUT2D eigenvalue weighted by molar-refractivity contribution is 0.398. The van der Waals surface area contributed by atoms with Crippen LogP contribution >= 0.6 is 0 Å². The van der Waals surface area contributed by atoms with Crippen molar-refractivity contribution in [3.05, 3.63) is 0 Å². The first-order valence-corrected chi connectivity index (χ1v) is 9.41. The molecule has 2 unspecified atom stereocenters. The summed E-state index contributed by atoms with van der Waals surface area (Å²) in [5, 5.41) is 3.28. The number of sulfonamides is 1. The third kappa shape index (κ3) is 5.40. The molecule has 0 aromatic rings. The second kappa shape index (κ2) is 7.04. The van der Waals surface area contributed by atoms with E-state index < -0.39 is 10.0 Å². The SMILES string of the molecule is CC1CCCC(NS(=O)(=O)CC2CCNCC2)CC1. The van der Waals surface area contributed by atoms with Gasteiger partial charge in [0.05, 0.1) is 5.75 Å². The van der Waals surface area contributed by atoms with E-state index in [1.165, 1.54) is 6.42 Å². The summed E-state index contributed by atoms with van der Waals surface area (Å²) in [6.07, 6.45) is 7.54. The molecule has 0 bridgehead atoms. The molecule has 4 nitrogen and oxygen atoms in total. The van der Waals surface area contributed by atoms with Crippen LogP contribution < -0.4 is 10.0 Å². The van der Waals surface area contributed by atoms with Gasteiger partial charge in [-0.25, -0.2) is 13.1 Å². The van der Waals surface area contributed by atoms with Gasteiger partial charge in [-0.3, -0.25) is 0 Å². The van der Waals surface area contributed by atoms with Gasteiger partial charge in [-0.05, 0) is 57.0 Å². The molecular formula is C14H28N2O2S. The van der Waals surface area contributed by atoms with Crippen LogP contribution in [0.15, 0.2) is 0 Å². The van der Waals surface area contributed by atoms with Crippen LogP contribution in [-0.4, -0.2) is 33.3 Å². The third-order valence-electron chi connectivity index (χ3n) is 4.52. The summed E-state index contributed by atoms with van der Waals surface area (Å²) in [5.74, 6) is 1.41. The average molecular weight is 288 g/mol. The van der Waals surface area contributed by atoms with Crippen LogP contribution in [0.5, 0.6) is 0 Å². The fraction of sp³-hybridized carbons (Fsp3) is 1.00. The van der Waals surface area contributed by atoms with Gasteiger partial charge in [0, 0.05) is 6.04 Å². The summed E-state index contributed by atoms with van der Waals surface area (Å²) in [5.41, 5.74) is 0. The van der Waals surface area contributed by atoms with E-state index in [1.54, 1.807) is 0 Å². The highest BCUT2D eigenvalue weighted by molar-refractivity contribution is 7.89. The zero-order chi connectivity index (χ0) is 13.7. The Kier molecular flexibility index (Phi) is 5.66. The average Bonchev–Trinajstić information content (AvgIpc) is 2.54. The summed E-state index contributed by atoms with van der Waals surface area (Å²) in [4.78, 5) is 0. The van der Waals surface area contributed by atoms with Crippen molar-refractivity contribution in [2.45, 2.75) is 57.9 Å². The van der Waals surface area contributed by atoms with Crippen molar-refractivity contribution in [2.75, 3.05) is 18.8 Å². The quantitative estimate of drug-likeness (QED) is 0.777. The fourth-order valence-corrected chi connectivity index (χ4v) is 5.06. The largest absolute Gasteiger partial charge is 0.317 e. The number of hydrogen-bond donors (Lipinski definition) is 2. The predicted octanol–water partition coefficient (Wildman–Crippen LogP) is 1.87. The maximum absolute atomic E-state index is 12.2. The second-order valence-corrected chi connectivity index (χ2v) is 8.20. The summed E-state index contributed by atoms with van der Waals surface area (Å²) >= 11 is 0. The normalized spacial score (nSPS) is 31.0. The predicted molar refractivity (Wildman–Crippen MR) is 78.6 cm³/mol. The molecule has 0 spiro atoms. The molecule has 2 N–H and O–H groups in total. The number of hydrogen-bond acceptors (Lipinski definition) is 3. The number of piperidine rings is 1. The first-order valence-electron chi connectivity index (χ1n) is 7.76. The van der Waals surface area contributed by atoms with E-state index in [4.69, 9.17) is 0 Å². The molecule has 2 atom stereocenters. The minimum absolute atomic E-state index is 0.177. The second-order valence-electron chi connectivity index (χ2n) is 6.40. The van der Waals surface area contributed by atoms with Crippen molar-refractivity contribution >= 4 is 10.0 Å². The highest BCUT2D eigenvalue weighted by atomic mass is 32.2. The Balaban J connectivity index is 1.82. The first kappa shape index (κ1) is 15.3. The Morgan fingerprint density at radius 2 is 1.79 bits per heavy atom. The van der Waals surface area contributed by atoms with E-state index in [2.05, 4.69) is 17.0 Å². The van der Waals surface area contributed by atoms with E-state index in [-0.39, 0.29) is 6.04 Å².